The van der Waals surface area contributed by atoms with Gasteiger partial charge in [0.15, 0.2) is 0 Å². The predicted octanol–water partition coefficient (Wildman–Crippen LogP) is 2.47. The third-order valence-corrected chi connectivity index (χ3v) is 2.60. The van der Waals surface area contributed by atoms with Crippen molar-refractivity contribution in [2.45, 2.75) is 6.10 Å². The highest BCUT2D eigenvalue weighted by Gasteiger charge is 2.06. The minimum absolute atomic E-state index is 0.187. The van der Waals surface area contributed by atoms with E-state index in [1.807, 2.05) is 30.3 Å². The van der Waals surface area contributed by atoms with Crippen molar-refractivity contribution in [3.05, 3.63) is 71.3 Å². The standard InChI is InChI=1S/C16H12O3/c17-15(11-6-12-4-2-1-3-5-12)13-7-9-14(10-8-13)16(18)19/h1-5,7-10,15,17H,(H,18,19). The molecule has 0 bridgehead atoms. The molecule has 2 aromatic carbocycles. The fourth-order valence-electron chi connectivity index (χ4n) is 1.56. The van der Waals surface area contributed by atoms with Crippen LogP contribution in [-0.4, -0.2) is 16.2 Å². The second-order valence-electron chi connectivity index (χ2n) is 3.97. The minimum Gasteiger partial charge on any atom is -0.478 e. The van der Waals surface area contributed by atoms with Crippen molar-refractivity contribution in [1.29, 1.82) is 0 Å². The molecule has 2 N–H and O–H groups in total. The molecule has 1 unspecified atom stereocenters. The molecular weight excluding hydrogens is 240 g/mol. The molecule has 94 valence electrons. The SMILES string of the molecule is O=C(O)c1ccc(C(O)C#Cc2ccccc2)cc1. The van der Waals surface area contributed by atoms with Gasteiger partial charge in [0.2, 0.25) is 0 Å². The summed E-state index contributed by atoms with van der Waals surface area (Å²) in [7, 11) is 0. The highest BCUT2D eigenvalue weighted by atomic mass is 16.4. The first-order chi connectivity index (χ1) is 9.16. The van der Waals surface area contributed by atoms with Gasteiger partial charge in [-0.3, -0.25) is 0 Å². The van der Waals surface area contributed by atoms with E-state index in [-0.39, 0.29) is 5.56 Å². The number of carbonyl (C=O) groups is 1. The van der Waals surface area contributed by atoms with E-state index in [4.69, 9.17) is 5.11 Å². The van der Waals surface area contributed by atoms with E-state index in [2.05, 4.69) is 11.8 Å². The number of benzene rings is 2. The molecule has 0 saturated heterocycles. The fourth-order valence-corrected chi connectivity index (χ4v) is 1.56. The zero-order valence-electron chi connectivity index (χ0n) is 10.1. The van der Waals surface area contributed by atoms with Crippen LogP contribution in [-0.2, 0) is 0 Å². The third kappa shape index (κ3) is 3.44. The molecule has 0 spiro atoms. The summed E-state index contributed by atoms with van der Waals surface area (Å²) in [6.45, 7) is 0. The van der Waals surface area contributed by atoms with Crippen LogP contribution in [0.5, 0.6) is 0 Å². The number of aromatic carboxylic acids is 1. The number of aliphatic hydroxyl groups is 1. The van der Waals surface area contributed by atoms with E-state index >= 15 is 0 Å². The Morgan fingerprint density at radius 3 is 2.21 bits per heavy atom. The molecule has 2 aromatic rings. The molecule has 2 rings (SSSR count). The maximum absolute atomic E-state index is 10.7. The molecule has 0 aliphatic heterocycles. The predicted molar refractivity (Wildman–Crippen MR) is 71.7 cm³/mol. The summed E-state index contributed by atoms with van der Waals surface area (Å²) in [4.78, 5) is 10.7. The van der Waals surface area contributed by atoms with Crippen molar-refractivity contribution < 1.29 is 15.0 Å². The van der Waals surface area contributed by atoms with Crippen molar-refractivity contribution in [3.8, 4) is 11.8 Å². The Morgan fingerprint density at radius 2 is 1.63 bits per heavy atom. The van der Waals surface area contributed by atoms with Gasteiger partial charge in [-0.15, -0.1) is 0 Å². The maximum Gasteiger partial charge on any atom is 0.335 e. The summed E-state index contributed by atoms with van der Waals surface area (Å²) in [5, 5.41) is 18.7. The van der Waals surface area contributed by atoms with E-state index in [1.165, 1.54) is 12.1 Å². The van der Waals surface area contributed by atoms with Crippen LogP contribution >= 0.6 is 0 Å². The van der Waals surface area contributed by atoms with Crippen molar-refractivity contribution in [2.75, 3.05) is 0 Å². The molecular formula is C16H12O3. The highest BCUT2D eigenvalue weighted by Crippen LogP contribution is 2.13. The molecule has 0 saturated carbocycles. The van der Waals surface area contributed by atoms with Gasteiger partial charge in [-0.05, 0) is 29.8 Å². The molecule has 1 atom stereocenters. The lowest BCUT2D eigenvalue weighted by Gasteiger charge is -2.03. The summed E-state index contributed by atoms with van der Waals surface area (Å²) in [6, 6.07) is 15.4. The van der Waals surface area contributed by atoms with Gasteiger partial charge in [0, 0.05) is 5.56 Å². The van der Waals surface area contributed by atoms with Crippen molar-refractivity contribution in [3.63, 3.8) is 0 Å². The molecule has 0 aliphatic rings. The number of aliphatic hydroxyl groups excluding tert-OH is 1. The quantitative estimate of drug-likeness (QED) is 0.807. The van der Waals surface area contributed by atoms with E-state index in [9.17, 15) is 9.90 Å². The summed E-state index contributed by atoms with van der Waals surface area (Å²) < 4.78 is 0. The van der Waals surface area contributed by atoms with Gasteiger partial charge in [0.25, 0.3) is 0 Å². The molecule has 0 radical (unpaired) electrons. The number of carboxylic acids is 1. The molecule has 0 amide bonds. The van der Waals surface area contributed by atoms with E-state index < -0.39 is 12.1 Å². The largest absolute Gasteiger partial charge is 0.478 e. The van der Waals surface area contributed by atoms with Gasteiger partial charge < -0.3 is 10.2 Å². The van der Waals surface area contributed by atoms with E-state index in [0.29, 0.717) is 5.56 Å². The second-order valence-corrected chi connectivity index (χ2v) is 3.97. The number of hydrogen-bond donors (Lipinski definition) is 2. The van der Waals surface area contributed by atoms with Crippen LogP contribution in [0.4, 0.5) is 0 Å². The second kappa shape index (κ2) is 5.85. The molecule has 19 heavy (non-hydrogen) atoms. The van der Waals surface area contributed by atoms with Crippen molar-refractivity contribution in [2.24, 2.45) is 0 Å². The zero-order chi connectivity index (χ0) is 13.7. The third-order valence-electron chi connectivity index (χ3n) is 2.60. The average Bonchev–Trinajstić information content (AvgIpc) is 2.46. The van der Waals surface area contributed by atoms with Crippen molar-refractivity contribution >= 4 is 5.97 Å². The molecule has 3 nitrogen and oxygen atoms in total. The number of rotatable bonds is 2. The average molecular weight is 252 g/mol. The van der Waals surface area contributed by atoms with Crippen LogP contribution in [0.3, 0.4) is 0 Å². The van der Waals surface area contributed by atoms with E-state index in [1.54, 1.807) is 12.1 Å². The lowest BCUT2D eigenvalue weighted by Crippen LogP contribution is -1.98. The van der Waals surface area contributed by atoms with Gasteiger partial charge in [-0.1, -0.05) is 42.2 Å². The first-order valence-corrected chi connectivity index (χ1v) is 5.75. The molecule has 0 fully saturated rings. The highest BCUT2D eigenvalue weighted by molar-refractivity contribution is 5.87. The van der Waals surface area contributed by atoms with E-state index in [0.717, 1.165) is 5.56 Å². The molecule has 3 heteroatoms. The normalized spacial score (nSPS) is 11.2. The molecule has 0 heterocycles. The van der Waals surface area contributed by atoms with Gasteiger partial charge in [-0.25, -0.2) is 4.79 Å². The van der Waals surface area contributed by atoms with Gasteiger partial charge in [-0.2, -0.15) is 0 Å². The summed E-state index contributed by atoms with van der Waals surface area (Å²) in [5.41, 5.74) is 1.59. The van der Waals surface area contributed by atoms with Crippen LogP contribution < -0.4 is 0 Å². The lowest BCUT2D eigenvalue weighted by molar-refractivity contribution is 0.0696. The Bertz CT molecular complexity index is 619. The van der Waals surface area contributed by atoms with Gasteiger partial charge in [0.05, 0.1) is 5.56 Å². The van der Waals surface area contributed by atoms with Crippen LogP contribution in [0.1, 0.15) is 27.6 Å². The van der Waals surface area contributed by atoms with Crippen LogP contribution in [0.25, 0.3) is 0 Å². The summed E-state index contributed by atoms with van der Waals surface area (Å²) in [6.07, 6.45) is -0.928. The zero-order valence-corrected chi connectivity index (χ0v) is 10.1. The van der Waals surface area contributed by atoms with Gasteiger partial charge in [0.1, 0.15) is 6.10 Å². The van der Waals surface area contributed by atoms with Crippen LogP contribution in [0.15, 0.2) is 54.6 Å². The Morgan fingerprint density at radius 1 is 1.00 bits per heavy atom. The van der Waals surface area contributed by atoms with Gasteiger partial charge >= 0.3 is 5.97 Å². The monoisotopic (exact) mass is 252 g/mol. The van der Waals surface area contributed by atoms with Crippen molar-refractivity contribution in [1.82, 2.24) is 0 Å². The summed E-state index contributed by atoms with van der Waals surface area (Å²) in [5.74, 6) is 4.60. The lowest BCUT2D eigenvalue weighted by atomic mass is 10.1. The smallest absolute Gasteiger partial charge is 0.335 e. The first kappa shape index (κ1) is 12.9. The molecule has 0 aliphatic carbocycles. The summed E-state index contributed by atoms with van der Waals surface area (Å²) >= 11 is 0. The minimum atomic E-state index is -0.989. The Balaban J connectivity index is 2.14. The maximum atomic E-state index is 10.7. The van der Waals surface area contributed by atoms with Crippen LogP contribution in [0, 0.1) is 11.8 Å². The first-order valence-electron chi connectivity index (χ1n) is 5.75. The molecule has 0 aromatic heterocycles. The van der Waals surface area contributed by atoms with Crippen LogP contribution in [0.2, 0.25) is 0 Å². The topological polar surface area (TPSA) is 57.5 Å². The Hall–Kier alpha value is -2.57. The number of carboxylic acid groups (broad SMARTS) is 1. The Labute approximate surface area is 111 Å². The fraction of sp³-hybridized carbons (Fsp3) is 0.0625. The number of hydrogen-bond acceptors (Lipinski definition) is 2. The Kier molecular flexibility index (Phi) is 3.97.